The highest BCUT2D eigenvalue weighted by Gasteiger charge is 2.38. The van der Waals surface area contributed by atoms with Gasteiger partial charge in [-0.2, -0.15) is 0 Å². The second kappa shape index (κ2) is 16.3. The molecule has 1 fully saturated rings. The third kappa shape index (κ3) is 15.4. The summed E-state index contributed by atoms with van der Waals surface area (Å²) in [5, 5.41) is 18.7. The standard InChI is InChI=1S/C30H57N6O3/c1-10-28(37)31-13-16-34(4,5)22-25-19-26(23-35(6,7)17-14-32-29(38)11-2)21-27(20-25)24-36(8,9)18-15-33-30(39)12-3/h10-12,25-28,31,37H,1-3,13-24H2,4-9H3/q+1/p+2. The average Bonchev–Trinajstić information content (AvgIpc) is 2.81. The molecular weight excluding hydrogens is 492 g/mol. The normalized spacial score (nSPS) is 21.1. The van der Waals surface area contributed by atoms with Gasteiger partial charge in [0.25, 0.3) is 0 Å². The summed E-state index contributed by atoms with van der Waals surface area (Å²) in [7, 11) is 13.6. The summed E-state index contributed by atoms with van der Waals surface area (Å²) in [5.41, 5.74) is 0. The van der Waals surface area contributed by atoms with Crippen LogP contribution in [-0.4, -0.2) is 138 Å². The number of carbonyl (C=O) groups is 2. The van der Waals surface area contributed by atoms with Crippen molar-refractivity contribution in [1.29, 1.82) is 0 Å². The Morgan fingerprint density at radius 2 is 1.05 bits per heavy atom. The molecule has 0 aromatic rings. The Morgan fingerprint density at radius 1 is 0.718 bits per heavy atom. The number of amides is 2. The van der Waals surface area contributed by atoms with Crippen LogP contribution in [0.2, 0.25) is 0 Å². The third-order valence-electron chi connectivity index (χ3n) is 7.95. The average molecular weight is 552 g/mol. The summed E-state index contributed by atoms with van der Waals surface area (Å²) in [6.45, 7) is 18.7. The van der Waals surface area contributed by atoms with E-state index in [9.17, 15) is 14.7 Å². The Bertz CT molecular complexity index is 763. The van der Waals surface area contributed by atoms with Gasteiger partial charge in [-0.05, 0) is 37.5 Å². The van der Waals surface area contributed by atoms with Gasteiger partial charge < -0.3 is 29.2 Å². The molecule has 0 aromatic heterocycles. The van der Waals surface area contributed by atoms with E-state index in [1.54, 1.807) is 0 Å². The molecule has 9 nitrogen and oxygen atoms in total. The molecule has 0 heterocycles. The van der Waals surface area contributed by atoms with E-state index in [1.165, 1.54) is 37.5 Å². The van der Waals surface area contributed by atoms with Crippen molar-refractivity contribution in [1.82, 2.24) is 16.0 Å². The molecule has 3 unspecified atom stereocenters. The number of rotatable bonds is 19. The molecule has 39 heavy (non-hydrogen) atoms. The fraction of sp³-hybridized carbons (Fsp3) is 0.733. The minimum atomic E-state index is -0.666. The topological polar surface area (TPSA) is 90.5 Å². The predicted octanol–water partition coefficient (Wildman–Crippen LogP) is 0.947. The van der Waals surface area contributed by atoms with Crippen molar-refractivity contribution >= 4 is 11.8 Å². The van der Waals surface area contributed by atoms with Crippen molar-refractivity contribution < 1.29 is 28.1 Å². The van der Waals surface area contributed by atoms with E-state index in [0.717, 1.165) is 59.3 Å². The maximum atomic E-state index is 11.6. The van der Waals surface area contributed by atoms with Crippen LogP contribution in [0.5, 0.6) is 0 Å². The molecular formula is C30H59N6O3+3. The lowest BCUT2D eigenvalue weighted by atomic mass is 9.74. The highest BCUT2D eigenvalue weighted by atomic mass is 16.3. The number of likely N-dealkylation sites (N-methyl/N-ethyl adjacent to an activating group) is 3. The Balaban J connectivity index is 2.89. The quantitative estimate of drug-likeness (QED) is 0.0833. The van der Waals surface area contributed by atoms with Crippen molar-refractivity contribution in [3.63, 3.8) is 0 Å². The third-order valence-corrected chi connectivity index (χ3v) is 7.95. The molecule has 224 valence electrons. The first-order chi connectivity index (χ1) is 18.1. The van der Waals surface area contributed by atoms with Gasteiger partial charge in [0.2, 0.25) is 11.8 Å². The molecule has 0 spiro atoms. The van der Waals surface area contributed by atoms with Gasteiger partial charge in [0.15, 0.2) is 0 Å². The van der Waals surface area contributed by atoms with Crippen molar-refractivity contribution in [2.75, 3.05) is 101 Å². The van der Waals surface area contributed by atoms with Crippen LogP contribution in [-0.2, 0) is 9.59 Å². The number of hydrogen-bond donors (Lipinski definition) is 4. The fourth-order valence-electron chi connectivity index (χ4n) is 6.23. The van der Waals surface area contributed by atoms with Crippen LogP contribution in [0.4, 0.5) is 0 Å². The second-order valence-corrected chi connectivity index (χ2v) is 13.5. The van der Waals surface area contributed by atoms with Gasteiger partial charge in [-0.15, -0.1) is 0 Å². The number of nitrogens with zero attached hydrogens (tertiary/aromatic N) is 3. The van der Waals surface area contributed by atoms with E-state index in [0.29, 0.717) is 30.8 Å². The van der Waals surface area contributed by atoms with Gasteiger partial charge in [-0.25, -0.2) is 0 Å². The number of aliphatic hydroxyl groups excluding tert-OH is 1. The number of aliphatic hydroxyl groups is 1. The monoisotopic (exact) mass is 551 g/mol. The highest BCUT2D eigenvalue weighted by molar-refractivity contribution is 5.87. The van der Waals surface area contributed by atoms with Gasteiger partial charge in [-0.1, -0.05) is 19.7 Å². The van der Waals surface area contributed by atoms with Crippen LogP contribution < -0.4 is 16.0 Å². The van der Waals surface area contributed by atoms with E-state index in [1.807, 2.05) is 0 Å². The molecule has 3 atom stereocenters. The molecule has 1 rings (SSSR count). The summed E-state index contributed by atoms with van der Waals surface area (Å²) < 4.78 is 2.64. The van der Waals surface area contributed by atoms with Crippen molar-refractivity contribution in [3.8, 4) is 0 Å². The summed E-state index contributed by atoms with van der Waals surface area (Å²) >= 11 is 0. The van der Waals surface area contributed by atoms with E-state index in [4.69, 9.17) is 0 Å². The zero-order valence-corrected chi connectivity index (χ0v) is 25.8. The fourth-order valence-corrected chi connectivity index (χ4v) is 6.23. The molecule has 0 bridgehead atoms. The van der Waals surface area contributed by atoms with Crippen molar-refractivity contribution in [2.24, 2.45) is 17.8 Å². The second-order valence-electron chi connectivity index (χ2n) is 13.5. The number of hydrogen-bond acceptors (Lipinski definition) is 4. The maximum absolute atomic E-state index is 11.6. The first-order valence-corrected chi connectivity index (χ1v) is 14.4. The predicted molar refractivity (Wildman–Crippen MR) is 160 cm³/mol. The molecule has 2 amide bonds. The van der Waals surface area contributed by atoms with Crippen LogP contribution in [0.1, 0.15) is 19.3 Å². The first-order valence-electron chi connectivity index (χ1n) is 14.4. The Labute approximate surface area is 238 Å². The van der Waals surface area contributed by atoms with Gasteiger partial charge in [0, 0.05) is 24.3 Å². The van der Waals surface area contributed by atoms with E-state index in [2.05, 4.69) is 78.0 Å². The Kier molecular flexibility index (Phi) is 14.6. The lowest BCUT2D eigenvalue weighted by Crippen LogP contribution is -2.53. The molecule has 1 saturated carbocycles. The Hall–Kier alpha value is -2.04. The van der Waals surface area contributed by atoms with E-state index < -0.39 is 6.23 Å². The summed E-state index contributed by atoms with van der Waals surface area (Å²) in [6, 6.07) is 0. The van der Waals surface area contributed by atoms with Crippen molar-refractivity contribution in [2.45, 2.75) is 25.5 Å². The molecule has 1 aliphatic carbocycles. The van der Waals surface area contributed by atoms with Crippen molar-refractivity contribution in [3.05, 3.63) is 38.0 Å². The molecule has 0 radical (unpaired) electrons. The summed E-state index contributed by atoms with van der Waals surface area (Å²) in [6.07, 6.45) is 7.13. The molecule has 4 N–H and O–H groups in total. The van der Waals surface area contributed by atoms with Gasteiger partial charge >= 0.3 is 0 Å². The highest BCUT2D eigenvalue weighted by Crippen LogP contribution is 2.36. The zero-order chi connectivity index (χ0) is 29.7. The minimum absolute atomic E-state index is 0.118. The van der Waals surface area contributed by atoms with E-state index >= 15 is 0 Å². The zero-order valence-electron chi connectivity index (χ0n) is 25.8. The maximum Gasteiger partial charge on any atom is 0.243 e. The van der Waals surface area contributed by atoms with Crippen LogP contribution in [0.25, 0.3) is 0 Å². The van der Waals surface area contributed by atoms with Gasteiger partial charge in [0.05, 0.1) is 94.6 Å². The van der Waals surface area contributed by atoms with Crippen LogP contribution in [0.15, 0.2) is 38.0 Å². The van der Waals surface area contributed by atoms with Gasteiger partial charge in [-0.3, -0.25) is 14.9 Å². The molecule has 0 aromatic carbocycles. The largest absolute Gasteiger partial charge is 0.375 e. The summed E-state index contributed by atoms with van der Waals surface area (Å²) in [5.74, 6) is 1.61. The number of nitrogens with one attached hydrogen (secondary N) is 3. The molecule has 0 saturated heterocycles. The lowest BCUT2D eigenvalue weighted by Gasteiger charge is -2.44. The minimum Gasteiger partial charge on any atom is -0.375 e. The number of carbonyl (C=O) groups excluding carboxylic acids is 2. The molecule has 1 aliphatic rings. The molecule has 0 aliphatic heterocycles. The van der Waals surface area contributed by atoms with Crippen LogP contribution in [0.3, 0.4) is 0 Å². The smallest absolute Gasteiger partial charge is 0.243 e. The summed E-state index contributed by atoms with van der Waals surface area (Å²) in [4.78, 5) is 23.2. The number of quaternary nitrogens is 3. The van der Waals surface area contributed by atoms with Gasteiger partial charge in [0.1, 0.15) is 6.23 Å². The molecule has 9 heteroatoms. The Morgan fingerprint density at radius 3 is 1.36 bits per heavy atom. The SMILES string of the molecule is C=CC(=O)NCC[N+](C)(C)CC1CC(C[N+](C)(C)CCNC(=O)C=C)CC(C[N+](C)(C)CCNC(O)C=C)C1. The van der Waals surface area contributed by atoms with Crippen LogP contribution >= 0.6 is 0 Å². The lowest BCUT2D eigenvalue weighted by molar-refractivity contribution is -0.899. The van der Waals surface area contributed by atoms with Crippen LogP contribution in [0, 0.1) is 17.8 Å². The van der Waals surface area contributed by atoms with E-state index in [-0.39, 0.29) is 11.8 Å². The first kappa shape index (κ1) is 35.0.